The van der Waals surface area contributed by atoms with Crippen molar-refractivity contribution in [2.45, 2.75) is 19.9 Å². The Morgan fingerprint density at radius 3 is 2.94 bits per heavy atom. The lowest BCUT2D eigenvalue weighted by molar-refractivity contribution is -0.122. The molecular weight excluding hydrogens is 210 g/mol. The maximum absolute atomic E-state index is 11.5. The van der Waals surface area contributed by atoms with E-state index < -0.39 is 6.09 Å². The van der Waals surface area contributed by atoms with Crippen LogP contribution in [-0.4, -0.2) is 55.7 Å². The third-order valence-electron chi connectivity index (χ3n) is 2.50. The standard InChI is InChI=1S/C10H19N3O3/c1-3-16-10(15)12-9(14)7-13-5-4-11-6-8(13)2/h8,11H,3-7H2,1-2H3,(H,12,14,15)/t8-/m0/s1. The van der Waals surface area contributed by atoms with Gasteiger partial charge in [0.05, 0.1) is 13.2 Å². The molecule has 0 saturated carbocycles. The minimum atomic E-state index is -0.671. The molecule has 1 atom stereocenters. The molecule has 92 valence electrons. The summed E-state index contributed by atoms with van der Waals surface area (Å²) in [6.45, 7) is 6.80. The lowest BCUT2D eigenvalue weighted by Gasteiger charge is -2.32. The molecule has 0 aromatic carbocycles. The van der Waals surface area contributed by atoms with E-state index in [9.17, 15) is 9.59 Å². The maximum Gasteiger partial charge on any atom is 0.413 e. The molecule has 1 rings (SSSR count). The largest absolute Gasteiger partial charge is 0.450 e. The topological polar surface area (TPSA) is 70.7 Å². The first kappa shape index (κ1) is 12.9. The van der Waals surface area contributed by atoms with Gasteiger partial charge in [0, 0.05) is 25.7 Å². The summed E-state index contributed by atoms with van der Waals surface area (Å²) in [5, 5.41) is 5.42. The summed E-state index contributed by atoms with van der Waals surface area (Å²) in [4.78, 5) is 24.5. The van der Waals surface area contributed by atoms with Crippen LogP contribution < -0.4 is 10.6 Å². The van der Waals surface area contributed by atoms with Crippen LogP contribution in [0.15, 0.2) is 0 Å². The molecule has 1 saturated heterocycles. The SMILES string of the molecule is CCOC(=O)NC(=O)CN1CCNC[C@@H]1C. The first-order valence-corrected chi connectivity index (χ1v) is 5.55. The second-order valence-corrected chi connectivity index (χ2v) is 3.79. The van der Waals surface area contributed by atoms with Crippen LogP contribution in [0.4, 0.5) is 4.79 Å². The van der Waals surface area contributed by atoms with E-state index in [4.69, 9.17) is 0 Å². The van der Waals surface area contributed by atoms with Crippen molar-refractivity contribution in [2.24, 2.45) is 0 Å². The number of imide groups is 1. The highest BCUT2D eigenvalue weighted by Crippen LogP contribution is 2.00. The van der Waals surface area contributed by atoms with Gasteiger partial charge in [-0.05, 0) is 13.8 Å². The van der Waals surface area contributed by atoms with Crippen molar-refractivity contribution in [3.8, 4) is 0 Å². The summed E-state index contributed by atoms with van der Waals surface area (Å²) >= 11 is 0. The molecule has 1 heterocycles. The molecule has 1 aliphatic heterocycles. The predicted molar refractivity (Wildman–Crippen MR) is 59.1 cm³/mol. The third kappa shape index (κ3) is 4.16. The summed E-state index contributed by atoms with van der Waals surface area (Å²) in [7, 11) is 0. The van der Waals surface area contributed by atoms with Gasteiger partial charge in [-0.15, -0.1) is 0 Å². The summed E-state index contributed by atoms with van der Waals surface area (Å²) in [6.07, 6.45) is -0.671. The van der Waals surface area contributed by atoms with Gasteiger partial charge in [0.25, 0.3) is 0 Å². The Labute approximate surface area is 95.3 Å². The van der Waals surface area contributed by atoms with Crippen LogP contribution in [0.5, 0.6) is 0 Å². The van der Waals surface area contributed by atoms with E-state index >= 15 is 0 Å². The number of alkyl carbamates (subject to hydrolysis) is 1. The second kappa shape index (κ2) is 6.44. The van der Waals surface area contributed by atoms with E-state index in [2.05, 4.69) is 15.4 Å². The Morgan fingerprint density at radius 1 is 1.56 bits per heavy atom. The molecule has 0 spiro atoms. The number of rotatable bonds is 3. The smallest absolute Gasteiger partial charge is 0.413 e. The fourth-order valence-electron chi connectivity index (χ4n) is 1.62. The number of nitrogens with one attached hydrogen (secondary N) is 2. The highest BCUT2D eigenvalue weighted by Gasteiger charge is 2.21. The summed E-state index contributed by atoms with van der Waals surface area (Å²) in [5.41, 5.74) is 0. The lowest BCUT2D eigenvalue weighted by atomic mass is 10.2. The normalized spacial score (nSPS) is 21.5. The minimum absolute atomic E-state index is 0.238. The number of ether oxygens (including phenoxy) is 1. The highest BCUT2D eigenvalue weighted by atomic mass is 16.5. The Hall–Kier alpha value is -1.14. The van der Waals surface area contributed by atoms with Crippen molar-refractivity contribution >= 4 is 12.0 Å². The van der Waals surface area contributed by atoms with Crippen LogP contribution in [0.2, 0.25) is 0 Å². The van der Waals surface area contributed by atoms with Gasteiger partial charge in [0.2, 0.25) is 5.91 Å². The zero-order valence-electron chi connectivity index (χ0n) is 9.78. The molecule has 0 aromatic rings. The van der Waals surface area contributed by atoms with Gasteiger partial charge in [-0.2, -0.15) is 0 Å². The predicted octanol–water partition coefficient (Wildman–Crippen LogP) is -0.447. The van der Waals surface area contributed by atoms with Crippen LogP contribution in [-0.2, 0) is 9.53 Å². The monoisotopic (exact) mass is 229 g/mol. The van der Waals surface area contributed by atoms with Gasteiger partial charge in [-0.25, -0.2) is 4.79 Å². The Morgan fingerprint density at radius 2 is 2.31 bits per heavy atom. The van der Waals surface area contributed by atoms with E-state index in [1.165, 1.54) is 0 Å². The van der Waals surface area contributed by atoms with Crippen molar-refractivity contribution in [3.63, 3.8) is 0 Å². The molecule has 0 radical (unpaired) electrons. The van der Waals surface area contributed by atoms with E-state index in [1.54, 1.807) is 6.92 Å². The molecule has 0 bridgehead atoms. The summed E-state index contributed by atoms with van der Waals surface area (Å²) in [5.74, 6) is -0.313. The van der Waals surface area contributed by atoms with Gasteiger partial charge in [0.15, 0.2) is 0 Å². The second-order valence-electron chi connectivity index (χ2n) is 3.79. The summed E-state index contributed by atoms with van der Waals surface area (Å²) in [6, 6.07) is 0.307. The molecule has 0 unspecified atom stereocenters. The fraction of sp³-hybridized carbons (Fsp3) is 0.800. The van der Waals surface area contributed by atoms with Crippen LogP contribution in [0.25, 0.3) is 0 Å². The van der Waals surface area contributed by atoms with Gasteiger partial charge in [0.1, 0.15) is 0 Å². The number of hydrogen-bond donors (Lipinski definition) is 2. The van der Waals surface area contributed by atoms with Crippen molar-refractivity contribution in [2.75, 3.05) is 32.8 Å². The number of carbonyl (C=O) groups excluding carboxylic acids is 2. The van der Waals surface area contributed by atoms with Gasteiger partial charge in [-0.1, -0.05) is 0 Å². The van der Waals surface area contributed by atoms with Crippen LogP contribution in [0, 0.1) is 0 Å². The van der Waals surface area contributed by atoms with Gasteiger partial charge < -0.3 is 10.1 Å². The molecule has 6 heteroatoms. The molecule has 0 aromatic heterocycles. The van der Waals surface area contributed by atoms with Crippen molar-refractivity contribution in [1.29, 1.82) is 0 Å². The molecular formula is C10H19N3O3. The van der Waals surface area contributed by atoms with E-state index in [0.717, 1.165) is 19.6 Å². The van der Waals surface area contributed by atoms with Crippen LogP contribution in [0.1, 0.15) is 13.8 Å². The summed E-state index contributed by atoms with van der Waals surface area (Å²) < 4.78 is 4.63. The Bertz CT molecular complexity index is 258. The van der Waals surface area contributed by atoms with Crippen molar-refractivity contribution in [3.05, 3.63) is 0 Å². The minimum Gasteiger partial charge on any atom is -0.450 e. The number of nitrogens with zero attached hydrogens (tertiary/aromatic N) is 1. The van der Waals surface area contributed by atoms with Gasteiger partial charge in [-0.3, -0.25) is 15.0 Å². The molecule has 1 aliphatic rings. The third-order valence-corrected chi connectivity index (χ3v) is 2.50. The Kier molecular flexibility index (Phi) is 5.21. The first-order chi connectivity index (χ1) is 7.63. The molecule has 0 aliphatic carbocycles. The van der Waals surface area contributed by atoms with Gasteiger partial charge >= 0.3 is 6.09 Å². The number of piperazine rings is 1. The quantitative estimate of drug-likeness (QED) is 0.686. The lowest BCUT2D eigenvalue weighted by Crippen LogP contribution is -2.53. The maximum atomic E-state index is 11.5. The zero-order chi connectivity index (χ0) is 12.0. The Balaban J connectivity index is 2.30. The molecule has 2 N–H and O–H groups in total. The molecule has 2 amide bonds. The van der Waals surface area contributed by atoms with E-state index in [-0.39, 0.29) is 19.1 Å². The number of carbonyl (C=O) groups is 2. The van der Waals surface area contributed by atoms with E-state index in [0.29, 0.717) is 6.04 Å². The zero-order valence-corrected chi connectivity index (χ0v) is 9.78. The average Bonchev–Trinajstić information content (AvgIpc) is 2.21. The average molecular weight is 229 g/mol. The van der Waals surface area contributed by atoms with Crippen molar-refractivity contribution in [1.82, 2.24) is 15.5 Å². The molecule has 6 nitrogen and oxygen atoms in total. The fourth-order valence-corrected chi connectivity index (χ4v) is 1.62. The van der Waals surface area contributed by atoms with Crippen molar-refractivity contribution < 1.29 is 14.3 Å². The number of amides is 2. The van der Waals surface area contributed by atoms with Crippen LogP contribution in [0.3, 0.4) is 0 Å². The van der Waals surface area contributed by atoms with Crippen LogP contribution >= 0.6 is 0 Å². The molecule has 16 heavy (non-hydrogen) atoms. The number of hydrogen-bond acceptors (Lipinski definition) is 5. The van der Waals surface area contributed by atoms with E-state index in [1.807, 2.05) is 11.8 Å². The first-order valence-electron chi connectivity index (χ1n) is 5.55. The molecule has 1 fully saturated rings. The highest BCUT2D eigenvalue weighted by molar-refractivity contribution is 5.92.